The Hall–Kier alpha value is -2.69. The SMILES string of the molecule is O=C(CCC(=O)c1ccc2c(c1)CCC2)NCCOc1ccc(F)cc1. The van der Waals surface area contributed by atoms with Gasteiger partial charge in [0.25, 0.3) is 0 Å². The molecule has 0 atom stereocenters. The van der Waals surface area contributed by atoms with Crippen LogP contribution >= 0.6 is 0 Å². The molecule has 2 aromatic rings. The molecule has 1 amide bonds. The number of aryl methyl sites for hydroxylation is 2. The van der Waals surface area contributed by atoms with Crippen molar-refractivity contribution in [3.63, 3.8) is 0 Å². The summed E-state index contributed by atoms with van der Waals surface area (Å²) in [5.41, 5.74) is 3.29. The highest BCUT2D eigenvalue weighted by Gasteiger charge is 2.14. The van der Waals surface area contributed by atoms with Gasteiger partial charge in [-0.25, -0.2) is 4.39 Å². The molecule has 0 spiro atoms. The van der Waals surface area contributed by atoms with E-state index in [2.05, 4.69) is 5.32 Å². The van der Waals surface area contributed by atoms with Crippen LogP contribution in [0.4, 0.5) is 4.39 Å². The van der Waals surface area contributed by atoms with Crippen molar-refractivity contribution in [2.75, 3.05) is 13.2 Å². The fraction of sp³-hybridized carbons (Fsp3) is 0.333. The van der Waals surface area contributed by atoms with Gasteiger partial charge in [0, 0.05) is 18.4 Å². The number of halogens is 1. The largest absolute Gasteiger partial charge is 0.492 e. The quantitative estimate of drug-likeness (QED) is 0.583. The molecule has 0 aliphatic heterocycles. The van der Waals surface area contributed by atoms with Crippen LogP contribution in [0.5, 0.6) is 5.75 Å². The smallest absolute Gasteiger partial charge is 0.220 e. The second-order valence-electron chi connectivity index (χ2n) is 6.41. The standard InChI is InChI=1S/C21H22FNO3/c22-18-6-8-19(9-7-18)26-13-12-23-21(25)11-10-20(24)17-5-4-15-2-1-3-16(15)14-17/h4-9,14H,1-3,10-13H2,(H,23,25). The zero-order chi connectivity index (χ0) is 18.4. The lowest BCUT2D eigenvalue weighted by atomic mass is 10.0. The number of amides is 1. The number of Topliss-reactive ketones (excluding diaryl/α,β-unsaturated/α-hetero) is 1. The number of hydrogen-bond acceptors (Lipinski definition) is 3. The summed E-state index contributed by atoms with van der Waals surface area (Å²) in [6.45, 7) is 0.624. The Labute approximate surface area is 152 Å². The number of nitrogens with one attached hydrogen (secondary N) is 1. The first kappa shape index (κ1) is 18.1. The minimum absolute atomic E-state index is 0.00240. The number of fused-ring (bicyclic) bond motifs is 1. The lowest BCUT2D eigenvalue weighted by Crippen LogP contribution is -2.28. The molecule has 136 valence electrons. The van der Waals surface area contributed by atoms with Gasteiger partial charge >= 0.3 is 0 Å². The topological polar surface area (TPSA) is 55.4 Å². The Balaban J connectivity index is 1.36. The van der Waals surface area contributed by atoms with Crippen LogP contribution in [0.2, 0.25) is 0 Å². The number of ether oxygens (including phenoxy) is 1. The molecule has 0 saturated heterocycles. The Morgan fingerprint density at radius 1 is 1.00 bits per heavy atom. The summed E-state index contributed by atoms with van der Waals surface area (Å²) in [7, 11) is 0. The van der Waals surface area contributed by atoms with E-state index in [0.717, 1.165) is 19.3 Å². The predicted octanol–water partition coefficient (Wildman–Crippen LogP) is 3.47. The first-order chi connectivity index (χ1) is 12.6. The molecule has 0 radical (unpaired) electrons. The van der Waals surface area contributed by atoms with E-state index in [1.54, 1.807) is 0 Å². The van der Waals surface area contributed by atoms with Crippen molar-refractivity contribution in [3.8, 4) is 5.75 Å². The molecule has 0 fully saturated rings. The van der Waals surface area contributed by atoms with Crippen molar-refractivity contribution < 1.29 is 18.7 Å². The molecular weight excluding hydrogens is 333 g/mol. The molecule has 26 heavy (non-hydrogen) atoms. The van der Waals surface area contributed by atoms with E-state index in [1.807, 2.05) is 18.2 Å². The van der Waals surface area contributed by atoms with Gasteiger partial charge in [-0.1, -0.05) is 12.1 Å². The van der Waals surface area contributed by atoms with Crippen LogP contribution < -0.4 is 10.1 Å². The first-order valence-corrected chi connectivity index (χ1v) is 8.92. The average molecular weight is 355 g/mol. The third kappa shape index (κ3) is 4.91. The highest BCUT2D eigenvalue weighted by Crippen LogP contribution is 2.23. The third-order valence-corrected chi connectivity index (χ3v) is 4.51. The minimum Gasteiger partial charge on any atom is -0.492 e. The Morgan fingerprint density at radius 3 is 2.58 bits per heavy atom. The number of hydrogen-bond donors (Lipinski definition) is 1. The van der Waals surface area contributed by atoms with E-state index >= 15 is 0 Å². The van der Waals surface area contributed by atoms with Crippen LogP contribution in [0.25, 0.3) is 0 Å². The summed E-state index contributed by atoms with van der Waals surface area (Å²) in [5.74, 6) is 0.0470. The predicted molar refractivity (Wildman–Crippen MR) is 96.9 cm³/mol. The monoisotopic (exact) mass is 355 g/mol. The van der Waals surface area contributed by atoms with E-state index in [0.29, 0.717) is 17.9 Å². The molecule has 1 aliphatic carbocycles. The van der Waals surface area contributed by atoms with Crippen molar-refractivity contribution in [1.82, 2.24) is 5.32 Å². The molecule has 0 heterocycles. The van der Waals surface area contributed by atoms with Gasteiger partial charge in [-0.2, -0.15) is 0 Å². The highest BCUT2D eigenvalue weighted by atomic mass is 19.1. The van der Waals surface area contributed by atoms with E-state index in [1.165, 1.54) is 35.4 Å². The van der Waals surface area contributed by atoms with Gasteiger partial charge in [-0.3, -0.25) is 9.59 Å². The number of benzene rings is 2. The van der Waals surface area contributed by atoms with Gasteiger partial charge in [0.15, 0.2) is 5.78 Å². The second-order valence-corrected chi connectivity index (χ2v) is 6.41. The van der Waals surface area contributed by atoms with Crippen molar-refractivity contribution in [2.24, 2.45) is 0 Å². The normalized spacial score (nSPS) is 12.5. The number of carbonyl (C=O) groups excluding carboxylic acids is 2. The molecular formula is C21H22FNO3. The Kier molecular flexibility index (Phi) is 6.00. The molecule has 0 unspecified atom stereocenters. The van der Waals surface area contributed by atoms with Gasteiger partial charge in [-0.05, 0) is 60.7 Å². The van der Waals surface area contributed by atoms with E-state index in [4.69, 9.17) is 4.74 Å². The van der Waals surface area contributed by atoms with Gasteiger partial charge in [0.1, 0.15) is 18.2 Å². The molecule has 4 nitrogen and oxygen atoms in total. The van der Waals surface area contributed by atoms with E-state index in [-0.39, 0.29) is 37.0 Å². The van der Waals surface area contributed by atoms with Crippen molar-refractivity contribution in [3.05, 3.63) is 65.0 Å². The molecule has 1 aliphatic rings. The maximum absolute atomic E-state index is 12.8. The fourth-order valence-electron chi connectivity index (χ4n) is 3.10. The van der Waals surface area contributed by atoms with Gasteiger partial charge in [-0.15, -0.1) is 0 Å². The van der Waals surface area contributed by atoms with Crippen LogP contribution in [0, 0.1) is 5.82 Å². The first-order valence-electron chi connectivity index (χ1n) is 8.92. The molecule has 1 N–H and O–H groups in total. The van der Waals surface area contributed by atoms with Crippen LogP contribution in [0.15, 0.2) is 42.5 Å². The lowest BCUT2D eigenvalue weighted by molar-refractivity contribution is -0.121. The molecule has 2 aromatic carbocycles. The van der Waals surface area contributed by atoms with Crippen LogP contribution in [0.1, 0.15) is 40.7 Å². The summed E-state index contributed by atoms with van der Waals surface area (Å²) in [6.07, 6.45) is 3.63. The molecule has 5 heteroatoms. The third-order valence-electron chi connectivity index (χ3n) is 4.51. The van der Waals surface area contributed by atoms with Gasteiger partial charge in [0.2, 0.25) is 5.91 Å². The summed E-state index contributed by atoms with van der Waals surface area (Å²) < 4.78 is 18.2. The summed E-state index contributed by atoms with van der Waals surface area (Å²) >= 11 is 0. The van der Waals surface area contributed by atoms with Crippen LogP contribution in [-0.2, 0) is 17.6 Å². The van der Waals surface area contributed by atoms with Crippen LogP contribution in [0.3, 0.4) is 0 Å². The second kappa shape index (κ2) is 8.61. The molecule has 0 bridgehead atoms. The van der Waals surface area contributed by atoms with Crippen molar-refractivity contribution >= 4 is 11.7 Å². The Morgan fingerprint density at radius 2 is 1.77 bits per heavy atom. The molecule has 0 aromatic heterocycles. The molecule has 3 rings (SSSR count). The highest BCUT2D eigenvalue weighted by molar-refractivity contribution is 5.98. The Bertz CT molecular complexity index is 786. The maximum Gasteiger partial charge on any atom is 0.220 e. The van der Waals surface area contributed by atoms with E-state index in [9.17, 15) is 14.0 Å². The number of carbonyl (C=O) groups is 2. The number of rotatable bonds is 8. The zero-order valence-corrected chi connectivity index (χ0v) is 14.6. The van der Waals surface area contributed by atoms with Crippen LogP contribution in [-0.4, -0.2) is 24.8 Å². The van der Waals surface area contributed by atoms with Crippen molar-refractivity contribution in [2.45, 2.75) is 32.1 Å². The maximum atomic E-state index is 12.8. The fourth-order valence-corrected chi connectivity index (χ4v) is 3.10. The summed E-state index contributed by atoms with van der Waals surface area (Å²) in [6, 6.07) is 11.6. The lowest BCUT2D eigenvalue weighted by Gasteiger charge is -2.08. The summed E-state index contributed by atoms with van der Waals surface area (Å²) in [4.78, 5) is 24.1. The average Bonchev–Trinajstić information content (AvgIpc) is 3.12. The summed E-state index contributed by atoms with van der Waals surface area (Å²) in [5, 5.41) is 2.72. The van der Waals surface area contributed by atoms with Gasteiger partial charge in [0.05, 0.1) is 6.54 Å². The zero-order valence-electron chi connectivity index (χ0n) is 14.6. The minimum atomic E-state index is -0.321. The van der Waals surface area contributed by atoms with E-state index < -0.39 is 0 Å². The number of ketones is 1. The van der Waals surface area contributed by atoms with Crippen molar-refractivity contribution in [1.29, 1.82) is 0 Å². The van der Waals surface area contributed by atoms with Gasteiger partial charge < -0.3 is 10.1 Å². The molecule has 0 saturated carbocycles.